The minimum atomic E-state index is -0.410. The lowest BCUT2D eigenvalue weighted by molar-refractivity contribution is 0.0791. The number of nitrogens with one attached hydrogen (secondary N) is 2. The van der Waals surface area contributed by atoms with Crippen molar-refractivity contribution < 1.29 is 9.53 Å². The standard InChI is InChI=1S/C21H22N4O3/c1-13-4-3-5-14(12-13)16-7-6-15(20(26)23-16)21(27)24-17-9-11-28-19(17)18-8-10-22-25(18)2/h3-8,10,12,17,19H,9,11H2,1-2H3,(H,23,26)(H,24,27)/t17-,19-/m0/s1. The van der Waals surface area contributed by atoms with Gasteiger partial charge in [0.05, 0.1) is 11.7 Å². The number of H-pyrrole nitrogens is 1. The zero-order chi connectivity index (χ0) is 19.7. The molecule has 3 heterocycles. The van der Waals surface area contributed by atoms with Gasteiger partial charge >= 0.3 is 0 Å². The van der Waals surface area contributed by atoms with Crippen LogP contribution in [0, 0.1) is 6.92 Å². The number of carbonyl (C=O) groups is 1. The monoisotopic (exact) mass is 378 g/mol. The van der Waals surface area contributed by atoms with Gasteiger partial charge in [-0.05, 0) is 43.2 Å². The first kappa shape index (κ1) is 18.2. The molecule has 2 aromatic heterocycles. The average molecular weight is 378 g/mol. The van der Waals surface area contributed by atoms with E-state index < -0.39 is 11.5 Å². The van der Waals surface area contributed by atoms with E-state index >= 15 is 0 Å². The van der Waals surface area contributed by atoms with E-state index in [0.29, 0.717) is 18.7 Å². The van der Waals surface area contributed by atoms with Gasteiger partial charge < -0.3 is 15.0 Å². The van der Waals surface area contributed by atoms with Crippen LogP contribution in [0.15, 0.2) is 53.5 Å². The summed E-state index contributed by atoms with van der Waals surface area (Å²) < 4.78 is 7.52. The highest BCUT2D eigenvalue weighted by Gasteiger charge is 2.33. The summed E-state index contributed by atoms with van der Waals surface area (Å²) in [5.74, 6) is -0.403. The summed E-state index contributed by atoms with van der Waals surface area (Å²) >= 11 is 0. The van der Waals surface area contributed by atoms with E-state index in [1.165, 1.54) is 0 Å². The van der Waals surface area contributed by atoms with Crippen molar-refractivity contribution in [3.8, 4) is 11.3 Å². The second-order valence-electron chi connectivity index (χ2n) is 7.02. The molecule has 1 aliphatic heterocycles. The maximum absolute atomic E-state index is 12.7. The number of aryl methyl sites for hydroxylation is 2. The second-order valence-corrected chi connectivity index (χ2v) is 7.02. The molecule has 3 aromatic rings. The van der Waals surface area contributed by atoms with Crippen molar-refractivity contribution in [2.75, 3.05) is 6.61 Å². The molecule has 1 amide bonds. The number of ether oxygens (including phenoxy) is 1. The van der Waals surface area contributed by atoms with Crippen molar-refractivity contribution in [1.82, 2.24) is 20.1 Å². The fourth-order valence-electron chi connectivity index (χ4n) is 3.57. The number of hydrogen-bond donors (Lipinski definition) is 2. The van der Waals surface area contributed by atoms with Crippen molar-refractivity contribution in [1.29, 1.82) is 0 Å². The van der Waals surface area contributed by atoms with Crippen LogP contribution in [-0.2, 0) is 11.8 Å². The molecule has 7 heteroatoms. The Kier molecular flexibility index (Phi) is 4.83. The molecule has 0 spiro atoms. The van der Waals surface area contributed by atoms with Crippen molar-refractivity contribution in [2.45, 2.75) is 25.5 Å². The van der Waals surface area contributed by atoms with Crippen LogP contribution in [0.5, 0.6) is 0 Å². The molecular weight excluding hydrogens is 356 g/mol. The van der Waals surface area contributed by atoms with E-state index in [0.717, 1.165) is 16.8 Å². The molecule has 0 aliphatic carbocycles. The van der Waals surface area contributed by atoms with E-state index in [1.807, 2.05) is 44.3 Å². The van der Waals surface area contributed by atoms with Gasteiger partial charge in [0.25, 0.3) is 11.5 Å². The largest absolute Gasteiger partial charge is 0.370 e. The smallest absolute Gasteiger partial charge is 0.261 e. The summed E-state index contributed by atoms with van der Waals surface area (Å²) in [7, 11) is 1.84. The lowest BCUT2D eigenvalue weighted by Gasteiger charge is -2.20. The third-order valence-electron chi connectivity index (χ3n) is 5.04. The highest BCUT2D eigenvalue weighted by Crippen LogP contribution is 2.28. The van der Waals surface area contributed by atoms with E-state index in [4.69, 9.17) is 4.74 Å². The van der Waals surface area contributed by atoms with Crippen LogP contribution in [0.1, 0.15) is 34.1 Å². The molecule has 1 saturated heterocycles. The third kappa shape index (κ3) is 3.48. The highest BCUT2D eigenvalue weighted by molar-refractivity contribution is 5.94. The van der Waals surface area contributed by atoms with Crippen molar-refractivity contribution in [3.05, 3.63) is 75.8 Å². The van der Waals surface area contributed by atoms with E-state index in [9.17, 15) is 9.59 Å². The van der Waals surface area contributed by atoms with Crippen LogP contribution >= 0.6 is 0 Å². The van der Waals surface area contributed by atoms with Crippen LogP contribution in [0.25, 0.3) is 11.3 Å². The molecule has 144 valence electrons. The zero-order valence-electron chi connectivity index (χ0n) is 15.8. The molecule has 2 N–H and O–H groups in total. The van der Waals surface area contributed by atoms with Crippen LogP contribution in [0.3, 0.4) is 0 Å². The van der Waals surface area contributed by atoms with Crippen LogP contribution < -0.4 is 10.9 Å². The molecule has 0 bridgehead atoms. The Bertz CT molecular complexity index is 1070. The molecular formula is C21H22N4O3. The molecule has 1 aromatic carbocycles. The Morgan fingerprint density at radius 2 is 2.14 bits per heavy atom. The molecule has 0 saturated carbocycles. The van der Waals surface area contributed by atoms with Gasteiger partial charge in [0.2, 0.25) is 0 Å². The van der Waals surface area contributed by atoms with Crippen molar-refractivity contribution >= 4 is 5.91 Å². The van der Waals surface area contributed by atoms with E-state index in [-0.39, 0.29) is 17.7 Å². The first-order chi connectivity index (χ1) is 13.5. The van der Waals surface area contributed by atoms with Crippen LogP contribution in [-0.4, -0.2) is 33.3 Å². The number of rotatable bonds is 4. The van der Waals surface area contributed by atoms with Crippen molar-refractivity contribution in [3.63, 3.8) is 0 Å². The number of aromatic nitrogens is 3. The topological polar surface area (TPSA) is 89.0 Å². The fourth-order valence-corrected chi connectivity index (χ4v) is 3.57. The molecule has 2 atom stereocenters. The highest BCUT2D eigenvalue weighted by atomic mass is 16.5. The summed E-state index contributed by atoms with van der Waals surface area (Å²) in [5, 5.41) is 7.11. The van der Waals surface area contributed by atoms with Gasteiger partial charge in [0.15, 0.2) is 0 Å². The summed E-state index contributed by atoms with van der Waals surface area (Å²) in [6, 6.07) is 12.8. The van der Waals surface area contributed by atoms with Crippen LogP contribution in [0.4, 0.5) is 0 Å². The molecule has 28 heavy (non-hydrogen) atoms. The lowest BCUT2D eigenvalue weighted by atomic mass is 10.1. The summed E-state index contributed by atoms with van der Waals surface area (Å²) in [4.78, 5) is 28.0. The summed E-state index contributed by atoms with van der Waals surface area (Å²) in [6.07, 6.45) is 2.10. The Morgan fingerprint density at radius 1 is 1.29 bits per heavy atom. The molecule has 0 unspecified atom stereocenters. The number of nitrogens with zero attached hydrogens (tertiary/aromatic N) is 2. The Hall–Kier alpha value is -3.19. The fraction of sp³-hybridized carbons (Fsp3) is 0.286. The maximum atomic E-state index is 12.7. The van der Waals surface area contributed by atoms with Gasteiger partial charge in [0.1, 0.15) is 11.7 Å². The average Bonchev–Trinajstić information content (AvgIpc) is 3.29. The number of aromatic amines is 1. The van der Waals surface area contributed by atoms with E-state index in [1.54, 1.807) is 23.0 Å². The molecule has 1 aliphatic rings. The first-order valence-corrected chi connectivity index (χ1v) is 9.23. The Morgan fingerprint density at radius 3 is 2.86 bits per heavy atom. The predicted molar refractivity (Wildman–Crippen MR) is 105 cm³/mol. The number of hydrogen-bond acceptors (Lipinski definition) is 4. The summed E-state index contributed by atoms with van der Waals surface area (Å²) in [6.45, 7) is 2.54. The normalized spacial score (nSPS) is 18.9. The molecule has 1 fully saturated rings. The lowest BCUT2D eigenvalue weighted by Crippen LogP contribution is -2.39. The minimum Gasteiger partial charge on any atom is -0.370 e. The quantitative estimate of drug-likeness (QED) is 0.729. The van der Waals surface area contributed by atoms with Gasteiger partial charge in [-0.1, -0.05) is 23.8 Å². The Balaban J connectivity index is 1.54. The third-order valence-corrected chi connectivity index (χ3v) is 5.04. The van der Waals surface area contributed by atoms with Crippen LogP contribution in [0.2, 0.25) is 0 Å². The van der Waals surface area contributed by atoms with Gasteiger partial charge in [-0.15, -0.1) is 0 Å². The van der Waals surface area contributed by atoms with Gasteiger partial charge in [0, 0.05) is 25.5 Å². The number of amides is 1. The van der Waals surface area contributed by atoms with E-state index in [2.05, 4.69) is 15.4 Å². The number of benzene rings is 1. The number of carbonyl (C=O) groups excluding carboxylic acids is 1. The minimum absolute atomic E-state index is 0.0899. The predicted octanol–water partition coefficient (Wildman–Crippen LogP) is 2.34. The molecule has 4 rings (SSSR count). The maximum Gasteiger partial charge on any atom is 0.261 e. The summed E-state index contributed by atoms with van der Waals surface area (Å²) in [5.41, 5.74) is 3.26. The molecule has 7 nitrogen and oxygen atoms in total. The Labute approximate surface area is 162 Å². The van der Waals surface area contributed by atoms with Crippen molar-refractivity contribution in [2.24, 2.45) is 7.05 Å². The van der Waals surface area contributed by atoms with Gasteiger partial charge in [-0.25, -0.2) is 0 Å². The first-order valence-electron chi connectivity index (χ1n) is 9.23. The SMILES string of the molecule is Cc1cccc(-c2ccc(C(=O)N[C@H]3CCO[C@@H]3c3ccnn3C)c(=O)[nH]2)c1. The molecule has 0 radical (unpaired) electrons. The van der Waals surface area contributed by atoms with Gasteiger partial charge in [-0.2, -0.15) is 5.10 Å². The number of pyridine rings is 1. The second kappa shape index (κ2) is 7.44. The van der Waals surface area contributed by atoms with Gasteiger partial charge in [-0.3, -0.25) is 14.3 Å². The zero-order valence-corrected chi connectivity index (χ0v) is 15.8.